The van der Waals surface area contributed by atoms with Gasteiger partial charge in [0.25, 0.3) is 0 Å². The molecule has 0 aromatic heterocycles. The van der Waals surface area contributed by atoms with Crippen LogP contribution < -0.4 is 0 Å². The maximum atomic E-state index is 14.9. The van der Waals surface area contributed by atoms with Crippen molar-refractivity contribution in [1.29, 1.82) is 0 Å². The third kappa shape index (κ3) is 4.84. The number of carbonyl (C=O) groups is 4. The molecule has 1 aliphatic heterocycles. The third-order valence-corrected chi connectivity index (χ3v) is 11.7. The summed E-state index contributed by atoms with van der Waals surface area (Å²) in [5, 5.41) is 35.6. The molecule has 11 atom stereocenters. The number of fused-ring (bicyclic) bond motifs is 5. The van der Waals surface area contributed by atoms with Crippen LogP contribution in [0.4, 0.5) is 0 Å². The van der Waals surface area contributed by atoms with Gasteiger partial charge in [-0.3, -0.25) is 14.4 Å². The molecule has 3 N–H and O–H groups in total. The lowest BCUT2D eigenvalue weighted by Crippen LogP contribution is -2.79. The van der Waals surface area contributed by atoms with E-state index in [1.165, 1.54) is 13.8 Å². The number of carbonyl (C=O) groups excluding carboxylic acids is 4. The minimum atomic E-state index is -1.77. The monoisotopic (exact) mass is 642 g/mol. The summed E-state index contributed by atoms with van der Waals surface area (Å²) in [5.74, 6) is -5.34. The molecular weight excluding hydrogens is 596 g/mol. The molecule has 252 valence electrons. The van der Waals surface area contributed by atoms with E-state index in [1.54, 1.807) is 65.8 Å². The predicted octanol–water partition coefficient (Wildman–Crippen LogP) is 2.78. The Bertz CT molecular complexity index is 1450. The van der Waals surface area contributed by atoms with Crippen LogP contribution in [0, 0.1) is 22.7 Å². The summed E-state index contributed by atoms with van der Waals surface area (Å²) in [4.78, 5) is 53.5. The van der Waals surface area contributed by atoms with Crippen LogP contribution in [0.3, 0.4) is 0 Å². The Morgan fingerprint density at radius 1 is 1.04 bits per heavy atom. The van der Waals surface area contributed by atoms with Gasteiger partial charge in [0.1, 0.15) is 12.2 Å². The Morgan fingerprint density at radius 2 is 1.67 bits per heavy atom. The lowest BCUT2D eigenvalue weighted by atomic mass is 9.42. The van der Waals surface area contributed by atoms with Crippen molar-refractivity contribution in [1.82, 2.24) is 0 Å². The van der Waals surface area contributed by atoms with Crippen LogP contribution in [0.2, 0.25) is 0 Å². The van der Waals surface area contributed by atoms with Crippen molar-refractivity contribution in [2.75, 3.05) is 6.61 Å². The highest BCUT2D eigenvalue weighted by Crippen LogP contribution is 2.65. The topological polar surface area (TPSA) is 166 Å². The second-order valence-electron chi connectivity index (χ2n) is 14.4. The molecule has 0 radical (unpaired) electrons. The molecule has 11 nitrogen and oxygen atoms in total. The maximum Gasteiger partial charge on any atom is 0.336 e. The lowest BCUT2D eigenvalue weighted by molar-refractivity contribution is -0.338. The van der Waals surface area contributed by atoms with Gasteiger partial charge < -0.3 is 34.3 Å². The number of hydrogen-bond acceptors (Lipinski definition) is 11. The van der Waals surface area contributed by atoms with E-state index >= 15 is 0 Å². The van der Waals surface area contributed by atoms with Crippen LogP contribution >= 0.6 is 0 Å². The van der Waals surface area contributed by atoms with E-state index in [0.29, 0.717) is 5.57 Å². The van der Waals surface area contributed by atoms with Gasteiger partial charge in [0.05, 0.1) is 23.7 Å². The molecule has 2 saturated carbocycles. The zero-order valence-electron chi connectivity index (χ0n) is 27.7. The minimum absolute atomic E-state index is 0.0108. The summed E-state index contributed by atoms with van der Waals surface area (Å²) in [7, 11) is 0. The SMILES string of the molecule is CC(=O)OC1C(=O)[C@@]2(C)[C@H]([C@H](C)[C@]3(O)CC(OC(=O)[C@H](O)[C@@H](C)c4ccccc4)C(C)=C1C3(C)C)[C@]1(OC(C)=O)CO[C@@H]1C[C@@H]2O. The molecule has 46 heavy (non-hydrogen) atoms. The van der Waals surface area contributed by atoms with E-state index in [4.69, 9.17) is 18.9 Å². The summed E-state index contributed by atoms with van der Waals surface area (Å²) in [5.41, 5.74) is -4.62. The fourth-order valence-electron chi connectivity index (χ4n) is 9.10. The first-order valence-electron chi connectivity index (χ1n) is 15.9. The minimum Gasteiger partial charge on any atom is -0.456 e. The number of hydrogen-bond donors (Lipinski definition) is 3. The standard InChI is InChI=1S/C35H46O11/c1-17(22-12-10-9-11-13-22)27(39)31(41)45-23-15-35(42)19(3)29-33(8,24(38)14-25-34(29,16-43-25)46-21(5)37)30(40)28(44-20(4)36)26(18(23)2)32(35,6)7/h9-13,17,19,23-25,27-29,38-39,42H,14-16H2,1-8H3/t17-,19-,23?,24-,25+,27+,28?,29-,33+,34-,35+/m0/s1. The molecule has 5 rings (SSSR count). The highest BCUT2D eigenvalue weighted by Gasteiger charge is 2.76. The van der Waals surface area contributed by atoms with E-state index in [-0.39, 0.29) is 25.0 Å². The molecule has 1 aromatic rings. The molecule has 4 aliphatic rings. The Labute approximate surface area is 269 Å². The Balaban J connectivity index is 1.67. The molecule has 0 amide bonds. The molecule has 2 bridgehead atoms. The smallest absolute Gasteiger partial charge is 0.336 e. The number of rotatable bonds is 6. The van der Waals surface area contributed by atoms with E-state index in [2.05, 4.69) is 0 Å². The summed E-state index contributed by atoms with van der Waals surface area (Å²) in [6.45, 7) is 12.5. The Morgan fingerprint density at radius 3 is 2.22 bits per heavy atom. The zero-order valence-corrected chi connectivity index (χ0v) is 27.7. The molecular formula is C35H46O11. The quantitative estimate of drug-likeness (QED) is 0.237. The van der Waals surface area contributed by atoms with E-state index in [9.17, 15) is 34.5 Å². The second kappa shape index (κ2) is 11.5. The molecule has 11 heteroatoms. The predicted molar refractivity (Wildman–Crippen MR) is 163 cm³/mol. The fourth-order valence-corrected chi connectivity index (χ4v) is 9.10. The average Bonchev–Trinajstić information content (AvgIpc) is 2.98. The van der Waals surface area contributed by atoms with Crippen LogP contribution in [0.1, 0.15) is 79.7 Å². The van der Waals surface area contributed by atoms with Crippen molar-refractivity contribution in [2.24, 2.45) is 22.7 Å². The number of ketones is 1. The first-order chi connectivity index (χ1) is 21.3. The fraction of sp³-hybridized carbons (Fsp3) is 0.657. The van der Waals surface area contributed by atoms with Crippen molar-refractivity contribution >= 4 is 23.7 Å². The first kappa shape index (κ1) is 34.2. The summed E-state index contributed by atoms with van der Waals surface area (Å²) < 4.78 is 23.5. The number of benzene rings is 1. The number of Topliss-reactive ketones (excluding diaryl/α,β-unsaturated/α-hetero) is 1. The van der Waals surface area contributed by atoms with Crippen LogP contribution in [-0.2, 0) is 38.1 Å². The van der Waals surface area contributed by atoms with Crippen molar-refractivity contribution in [3.8, 4) is 0 Å². The maximum absolute atomic E-state index is 14.9. The highest BCUT2D eigenvalue weighted by atomic mass is 16.6. The average molecular weight is 643 g/mol. The van der Waals surface area contributed by atoms with Crippen LogP contribution in [0.5, 0.6) is 0 Å². The van der Waals surface area contributed by atoms with E-state index in [0.717, 1.165) is 5.56 Å². The molecule has 0 spiro atoms. The highest BCUT2D eigenvalue weighted by molar-refractivity contribution is 5.95. The van der Waals surface area contributed by atoms with Crippen molar-refractivity contribution in [3.63, 3.8) is 0 Å². The van der Waals surface area contributed by atoms with Crippen molar-refractivity contribution in [3.05, 3.63) is 47.0 Å². The summed E-state index contributed by atoms with van der Waals surface area (Å²) >= 11 is 0. The third-order valence-electron chi connectivity index (χ3n) is 11.7. The zero-order chi connectivity index (χ0) is 34.1. The van der Waals surface area contributed by atoms with Gasteiger partial charge >= 0.3 is 17.9 Å². The van der Waals surface area contributed by atoms with Gasteiger partial charge in [0, 0.05) is 43.9 Å². The van der Waals surface area contributed by atoms with Gasteiger partial charge in [-0.15, -0.1) is 0 Å². The van der Waals surface area contributed by atoms with Gasteiger partial charge in [0.15, 0.2) is 23.6 Å². The Hall–Kier alpha value is -3.12. The van der Waals surface area contributed by atoms with Crippen molar-refractivity contribution in [2.45, 2.75) is 116 Å². The van der Waals surface area contributed by atoms with Crippen molar-refractivity contribution < 1.29 is 53.4 Å². The number of esters is 3. The number of aliphatic hydroxyl groups excluding tert-OH is 2. The summed E-state index contributed by atoms with van der Waals surface area (Å²) in [6.07, 6.45) is -6.37. The van der Waals surface area contributed by atoms with Gasteiger partial charge in [-0.05, 0) is 36.5 Å². The Kier molecular flexibility index (Phi) is 8.58. The lowest BCUT2D eigenvalue weighted by Gasteiger charge is -2.68. The van der Waals surface area contributed by atoms with Crippen LogP contribution in [-0.4, -0.2) is 87.3 Å². The molecule has 3 fully saturated rings. The van der Waals surface area contributed by atoms with E-state index in [1.807, 2.05) is 6.07 Å². The molecule has 1 heterocycles. The largest absolute Gasteiger partial charge is 0.456 e. The number of aliphatic hydroxyl groups is 3. The van der Waals surface area contributed by atoms with Gasteiger partial charge in [-0.1, -0.05) is 58.0 Å². The first-order valence-corrected chi connectivity index (χ1v) is 15.9. The number of ether oxygens (including phenoxy) is 4. The normalized spacial score (nSPS) is 39.3. The van der Waals surface area contributed by atoms with E-state index < -0.39 is 94.0 Å². The van der Waals surface area contributed by atoms with Crippen LogP contribution in [0.25, 0.3) is 0 Å². The van der Waals surface area contributed by atoms with Gasteiger partial charge in [-0.2, -0.15) is 0 Å². The molecule has 1 saturated heterocycles. The summed E-state index contributed by atoms with van der Waals surface area (Å²) in [6, 6.07) is 9.01. The molecule has 3 aliphatic carbocycles. The second-order valence-corrected chi connectivity index (χ2v) is 14.4. The van der Waals surface area contributed by atoms with Crippen LogP contribution in [0.15, 0.2) is 41.5 Å². The van der Waals surface area contributed by atoms with Gasteiger partial charge in [0.2, 0.25) is 0 Å². The molecule has 2 unspecified atom stereocenters. The molecule has 1 aromatic carbocycles. The van der Waals surface area contributed by atoms with Gasteiger partial charge in [-0.25, -0.2) is 4.79 Å².